The summed E-state index contributed by atoms with van der Waals surface area (Å²) in [7, 11) is 1.61. The van der Waals surface area contributed by atoms with Crippen LogP contribution in [0.15, 0.2) is 96.4 Å². The topological polar surface area (TPSA) is 71.3 Å². The van der Waals surface area contributed by atoms with Crippen LogP contribution in [0.4, 0.5) is 0 Å². The Kier molecular flexibility index (Phi) is 5.67. The van der Waals surface area contributed by atoms with Crippen molar-refractivity contribution in [3.05, 3.63) is 118 Å². The number of nitrogens with zero attached hydrogens (tertiary/aromatic N) is 1. The van der Waals surface area contributed by atoms with E-state index >= 15 is 0 Å². The predicted molar refractivity (Wildman–Crippen MR) is 131 cm³/mol. The van der Waals surface area contributed by atoms with Crippen LogP contribution in [-0.4, -0.2) is 13.0 Å². The van der Waals surface area contributed by atoms with Gasteiger partial charge >= 0.3 is 0 Å². The first-order valence-corrected chi connectivity index (χ1v) is 11.0. The second kappa shape index (κ2) is 8.93. The van der Waals surface area contributed by atoms with Crippen LogP contribution in [0, 0.1) is 11.3 Å². The first kappa shape index (κ1) is 21.6. The summed E-state index contributed by atoms with van der Waals surface area (Å²) < 4.78 is 11.4. The highest BCUT2D eigenvalue weighted by atomic mass is 35.5. The van der Waals surface area contributed by atoms with Gasteiger partial charge in [0, 0.05) is 16.1 Å². The third kappa shape index (κ3) is 3.85. The number of hydrogen-bond acceptors (Lipinski definition) is 4. The van der Waals surface area contributed by atoms with E-state index < -0.39 is 11.8 Å². The minimum absolute atomic E-state index is 0.107. The van der Waals surface area contributed by atoms with Gasteiger partial charge in [-0.05, 0) is 52.7 Å². The van der Waals surface area contributed by atoms with Crippen molar-refractivity contribution in [2.45, 2.75) is 5.92 Å². The molecule has 1 amide bonds. The molecule has 0 spiro atoms. The van der Waals surface area contributed by atoms with Crippen molar-refractivity contribution in [2.24, 2.45) is 0 Å². The number of ether oxygens (including phenoxy) is 2. The molecule has 1 aliphatic rings. The summed E-state index contributed by atoms with van der Waals surface area (Å²) in [5.41, 5.74) is 2.43. The minimum Gasteiger partial charge on any atom is -0.497 e. The van der Waals surface area contributed by atoms with Crippen LogP contribution in [0.1, 0.15) is 27.4 Å². The molecule has 0 fully saturated rings. The highest BCUT2D eigenvalue weighted by Gasteiger charge is 2.34. The number of carbonyl (C=O) groups excluding carboxylic acids is 1. The number of rotatable bonds is 4. The van der Waals surface area contributed by atoms with Gasteiger partial charge in [0.1, 0.15) is 23.1 Å². The highest BCUT2D eigenvalue weighted by molar-refractivity contribution is 6.31. The molecule has 0 saturated heterocycles. The number of amides is 1. The molecular formula is C28H19ClN2O3. The molecular weight excluding hydrogens is 448 g/mol. The lowest BCUT2D eigenvalue weighted by Crippen LogP contribution is -2.31. The van der Waals surface area contributed by atoms with Crippen LogP contribution in [0.25, 0.3) is 10.8 Å². The number of fused-ring (bicyclic) bond motifs is 3. The quantitative estimate of drug-likeness (QED) is 0.389. The number of benzene rings is 4. The molecule has 166 valence electrons. The van der Waals surface area contributed by atoms with Gasteiger partial charge in [0.2, 0.25) is 5.88 Å². The molecule has 1 N–H and O–H groups in total. The van der Waals surface area contributed by atoms with E-state index in [1.165, 1.54) is 0 Å². The van der Waals surface area contributed by atoms with E-state index in [1.54, 1.807) is 31.4 Å². The first-order chi connectivity index (χ1) is 16.6. The molecule has 1 heterocycles. The molecule has 1 aliphatic heterocycles. The monoisotopic (exact) mass is 466 g/mol. The van der Waals surface area contributed by atoms with Crippen molar-refractivity contribution < 1.29 is 14.3 Å². The zero-order valence-corrected chi connectivity index (χ0v) is 19.0. The first-order valence-electron chi connectivity index (χ1n) is 10.6. The summed E-state index contributed by atoms with van der Waals surface area (Å²) in [5, 5.41) is 15.5. The number of nitrogens with one attached hydrogen (secondary N) is 1. The molecule has 6 heteroatoms. The van der Waals surface area contributed by atoms with Gasteiger partial charge in [-0.25, -0.2) is 0 Å². The van der Waals surface area contributed by atoms with E-state index in [9.17, 15) is 10.1 Å². The third-order valence-electron chi connectivity index (χ3n) is 5.85. The second-order valence-electron chi connectivity index (χ2n) is 7.83. The SMILES string of the molecule is COc1ccc(C2C(C#N)=C(NC(=O)c3cccc(Cl)c3)Oc3ccc4ccccc4c32)cc1. The largest absolute Gasteiger partial charge is 0.497 e. The highest BCUT2D eigenvalue weighted by Crippen LogP contribution is 2.46. The van der Waals surface area contributed by atoms with Crippen molar-refractivity contribution in [3.8, 4) is 17.6 Å². The Labute approximate surface area is 201 Å². The number of allylic oxidation sites excluding steroid dienone is 1. The van der Waals surface area contributed by atoms with E-state index in [0.717, 1.165) is 21.9 Å². The third-order valence-corrected chi connectivity index (χ3v) is 6.08. The van der Waals surface area contributed by atoms with Crippen molar-refractivity contribution in [1.29, 1.82) is 5.26 Å². The molecule has 5 nitrogen and oxygen atoms in total. The summed E-state index contributed by atoms with van der Waals surface area (Å²) in [6.45, 7) is 0. The van der Waals surface area contributed by atoms with Crippen molar-refractivity contribution in [2.75, 3.05) is 7.11 Å². The second-order valence-corrected chi connectivity index (χ2v) is 8.26. The fourth-order valence-corrected chi connectivity index (χ4v) is 4.44. The standard InChI is InChI=1S/C28H19ClN2O3/c1-33-21-12-9-18(10-13-21)25-23(16-30)28(31-27(32)19-6-4-7-20(29)15-19)34-24-14-11-17-5-2-3-8-22(17)26(24)25/h2-15,25H,1H3,(H,31,32). The maximum absolute atomic E-state index is 13.0. The van der Waals surface area contributed by atoms with Gasteiger partial charge in [0.15, 0.2) is 0 Å². The molecule has 1 unspecified atom stereocenters. The van der Waals surface area contributed by atoms with Crippen molar-refractivity contribution in [3.63, 3.8) is 0 Å². The summed E-state index contributed by atoms with van der Waals surface area (Å²) in [6, 6.07) is 28.2. The van der Waals surface area contributed by atoms with Crippen LogP contribution in [-0.2, 0) is 0 Å². The van der Waals surface area contributed by atoms with Gasteiger partial charge in [-0.2, -0.15) is 5.26 Å². The lowest BCUT2D eigenvalue weighted by atomic mass is 9.81. The van der Waals surface area contributed by atoms with E-state index in [0.29, 0.717) is 27.7 Å². The Morgan fingerprint density at radius 2 is 1.82 bits per heavy atom. The molecule has 0 aromatic heterocycles. The number of carbonyl (C=O) groups is 1. The maximum Gasteiger partial charge on any atom is 0.258 e. The Morgan fingerprint density at radius 3 is 2.56 bits per heavy atom. The average Bonchev–Trinajstić information content (AvgIpc) is 2.87. The van der Waals surface area contributed by atoms with Crippen LogP contribution < -0.4 is 14.8 Å². The predicted octanol–water partition coefficient (Wildman–Crippen LogP) is 6.19. The fourth-order valence-electron chi connectivity index (χ4n) is 4.25. The van der Waals surface area contributed by atoms with Crippen molar-refractivity contribution in [1.82, 2.24) is 5.32 Å². The molecule has 0 aliphatic carbocycles. The number of methoxy groups -OCH3 is 1. The molecule has 4 aromatic carbocycles. The van der Waals surface area contributed by atoms with Gasteiger partial charge < -0.3 is 9.47 Å². The van der Waals surface area contributed by atoms with E-state index in [-0.39, 0.29) is 5.88 Å². The summed E-state index contributed by atoms with van der Waals surface area (Å²) in [4.78, 5) is 13.0. The molecule has 0 radical (unpaired) electrons. The van der Waals surface area contributed by atoms with Gasteiger partial charge in [-0.3, -0.25) is 10.1 Å². The normalized spacial score (nSPS) is 14.7. The van der Waals surface area contributed by atoms with E-state index in [2.05, 4.69) is 11.4 Å². The van der Waals surface area contributed by atoms with E-state index in [1.807, 2.05) is 60.7 Å². The van der Waals surface area contributed by atoms with Crippen molar-refractivity contribution >= 4 is 28.3 Å². The Balaban J connectivity index is 1.67. The number of halogens is 1. The lowest BCUT2D eigenvalue weighted by molar-refractivity contribution is 0.0947. The molecule has 0 saturated carbocycles. The molecule has 0 bridgehead atoms. The molecule has 34 heavy (non-hydrogen) atoms. The average molecular weight is 467 g/mol. The molecule has 4 aromatic rings. The number of hydrogen-bond donors (Lipinski definition) is 1. The summed E-state index contributed by atoms with van der Waals surface area (Å²) in [6.07, 6.45) is 0. The lowest BCUT2D eigenvalue weighted by Gasteiger charge is -2.29. The maximum atomic E-state index is 13.0. The Bertz CT molecular complexity index is 1490. The van der Waals surface area contributed by atoms with Crippen LogP contribution in [0.3, 0.4) is 0 Å². The fraction of sp³-hybridized carbons (Fsp3) is 0.0714. The zero-order valence-electron chi connectivity index (χ0n) is 18.2. The van der Waals surface area contributed by atoms with E-state index in [4.69, 9.17) is 21.1 Å². The Hall–Kier alpha value is -4.27. The molecule has 5 rings (SSSR count). The number of nitriles is 1. The summed E-state index contributed by atoms with van der Waals surface area (Å²) >= 11 is 6.05. The zero-order chi connectivity index (χ0) is 23.7. The van der Waals surface area contributed by atoms with Gasteiger partial charge in [0.25, 0.3) is 5.91 Å². The van der Waals surface area contributed by atoms with Gasteiger partial charge in [-0.1, -0.05) is 60.1 Å². The van der Waals surface area contributed by atoms with Gasteiger partial charge in [-0.15, -0.1) is 0 Å². The smallest absolute Gasteiger partial charge is 0.258 e. The van der Waals surface area contributed by atoms with Crippen LogP contribution in [0.5, 0.6) is 11.5 Å². The van der Waals surface area contributed by atoms with Gasteiger partial charge in [0.05, 0.1) is 13.0 Å². The summed E-state index contributed by atoms with van der Waals surface area (Å²) in [5.74, 6) is 0.547. The van der Waals surface area contributed by atoms with Crippen LogP contribution in [0.2, 0.25) is 5.02 Å². The Morgan fingerprint density at radius 1 is 1.03 bits per heavy atom. The molecule has 1 atom stereocenters. The van der Waals surface area contributed by atoms with Crippen LogP contribution >= 0.6 is 11.6 Å². The minimum atomic E-state index is -0.444.